The molecule has 1 N–H and O–H groups in total. The van der Waals surface area contributed by atoms with Crippen molar-refractivity contribution in [2.75, 3.05) is 13.1 Å². The van der Waals surface area contributed by atoms with E-state index in [2.05, 4.69) is 45.0 Å². The molecule has 1 saturated heterocycles. The summed E-state index contributed by atoms with van der Waals surface area (Å²) in [6, 6.07) is 8.74. The number of benzene rings is 1. The van der Waals surface area contributed by atoms with E-state index in [1.165, 1.54) is 11.1 Å². The van der Waals surface area contributed by atoms with E-state index in [-0.39, 0.29) is 17.4 Å². The van der Waals surface area contributed by atoms with Crippen molar-refractivity contribution in [1.82, 2.24) is 4.90 Å². The van der Waals surface area contributed by atoms with Gasteiger partial charge in [0.05, 0.1) is 6.10 Å². The summed E-state index contributed by atoms with van der Waals surface area (Å²) in [6.45, 7) is 7.96. The van der Waals surface area contributed by atoms with Crippen LogP contribution >= 0.6 is 0 Å². The molecule has 0 spiro atoms. The number of aryl methyl sites for hydroxylation is 1. The number of hydrogen-bond acceptors (Lipinski definition) is 2. The zero-order valence-electron chi connectivity index (χ0n) is 14.1. The lowest BCUT2D eigenvalue weighted by atomic mass is 9.86. The molecular formula is C19H29NO2. The van der Waals surface area contributed by atoms with Crippen LogP contribution in [0.2, 0.25) is 0 Å². The molecule has 1 aliphatic rings. The van der Waals surface area contributed by atoms with Gasteiger partial charge in [0.1, 0.15) is 0 Å². The van der Waals surface area contributed by atoms with Crippen LogP contribution in [0.5, 0.6) is 0 Å². The zero-order chi connectivity index (χ0) is 16.2. The second-order valence-electron chi connectivity index (χ2n) is 7.44. The Morgan fingerprint density at radius 1 is 1.27 bits per heavy atom. The Kier molecular flexibility index (Phi) is 5.63. The largest absolute Gasteiger partial charge is 0.391 e. The number of rotatable bonds is 4. The average molecular weight is 303 g/mol. The topological polar surface area (TPSA) is 40.5 Å². The van der Waals surface area contributed by atoms with Crippen LogP contribution in [0.4, 0.5) is 0 Å². The molecule has 3 nitrogen and oxygen atoms in total. The predicted molar refractivity (Wildman–Crippen MR) is 89.9 cm³/mol. The van der Waals surface area contributed by atoms with Crippen molar-refractivity contribution < 1.29 is 9.90 Å². The van der Waals surface area contributed by atoms with Crippen molar-refractivity contribution in [1.29, 1.82) is 0 Å². The summed E-state index contributed by atoms with van der Waals surface area (Å²) in [4.78, 5) is 14.0. The van der Waals surface area contributed by atoms with Gasteiger partial charge in [0.15, 0.2) is 0 Å². The number of piperidine rings is 1. The Balaban J connectivity index is 1.77. The van der Waals surface area contributed by atoms with Gasteiger partial charge in [-0.1, -0.05) is 45.0 Å². The molecule has 0 radical (unpaired) electrons. The standard InChI is InChI=1S/C19H29NO2/c1-19(2,3)16-11-9-15(10-12-16)6-4-8-18(22)20-13-5-7-17(21)14-20/h9-12,17,21H,4-8,13-14H2,1-3H3. The van der Waals surface area contributed by atoms with Gasteiger partial charge in [0.25, 0.3) is 0 Å². The lowest BCUT2D eigenvalue weighted by Crippen LogP contribution is -2.42. The van der Waals surface area contributed by atoms with Crippen LogP contribution in [0.3, 0.4) is 0 Å². The Labute approximate surface area is 134 Å². The maximum atomic E-state index is 12.1. The first-order chi connectivity index (χ1) is 10.4. The summed E-state index contributed by atoms with van der Waals surface area (Å²) in [5, 5.41) is 9.63. The van der Waals surface area contributed by atoms with E-state index >= 15 is 0 Å². The molecule has 1 aliphatic heterocycles. The van der Waals surface area contributed by atoms with Crippen molar-refractivity contribution in [3.63, 3.8) is 0 Å². The van der Waals surface area contributed by atoms with Gasteiger partial charge >= 0.3 is 0 Å². The molecule has 1 atom stereocenters. The molecule has 1 aromatic carbocycles. The molecule has 0 saturated carbocycles. The minimum Gasteiger partial charge on any atom is -0.391 e. The molecule has 1 fully saturated rings. The van der Waals surface area contributed by atoms with Crippen LogP contribution in [-0.2, 0) is 16.6 Å². The molecule has 0 aliphatic carbocycles. The molecule has 1 heterocycles. The van der Waals surface area contributed by atoms with Gasteiger partial charge in [-0.25, -0.2) is 0 Å². The molecule has 3 heteroatoms. The van der Waals surface area contributed by atoms with Crippen LogP contribution in [0.1, 0.15) is 57.6 Å². The summed E-state index contributed by atoms with van der Waals surface area (Å²) in [6.07, 6.45) is 3.80. The average Bonchev–Trinajstić information content (AvgIpc) is 2.47. The summed E-state index contributed by atoms with van der Waals surface area (Å²) in [5.41, 5.74) is 2.82. The summed E-state index contributed by atoms with van der Waals surface area (Å²) in [7, 11) is 0. The van der Waals surface area contributed by atoms with Crippen molar-refractivity contribution in [3.05, 3.63) is 35.4 Å². The lowest BCUT2D eigenvalue weighted by molar-refractivity contribution is -0.134. The Hall–Kier alpha value is -1.35. The van der Waals surface area contributed by atoms with Crippen molar-refractivity contribution in [2.45, 2.75) is 64.4 Å². The Morgan fingerprint density at radius 2 is 1.95 bits per heavy atom. The molecular weight excluding hydrogens is 274 g/mol. The van der Waals surface area contributed by atoms with E-state index in [9.17, 15) is 9.90 Å². The molecule has 1 aromatic rings. The highest BCUT2D eigenvalue weighted by atomic mass is 16.3. The van der Waals surface area contributed by atoms with Crippen LogP contribution in [-0.4, -0.2) is 35.1 Å². The summed E-state index contributed by atoms with van der Waals surface area (Å²) < 4.78 is 0. The molecule has 2 rings (SSSR count). The maximum Gasteiger partial charge on any atom is 0.222 e. The highest BCUT2D eigenvalue weighted by molar-refractivity contribution is 5.76. The minimum atomic E-state index is -0.331. The van der Waals surface area contributed by atoms with Crippen LogP contribution in [0.15, 0.2) is 24.3 Å². The van der Waals surface area contributed by atoms with Crippen LogP contribution in [0, 0.1) is 0 Å². The van der Waals surface area contributed by atoms with Gasteiger partial charge in [-0.05, 0) is 42.2 Å². The number of hydrogen-bond donors (Lipinski definition) is 1. The van der Waals surface area contributed by atoms with Gasteiger partial charge in [0, 0.05) is 19.5 Å². The Morgan fingerprint density at radius 3 is 2.55 bits per heavy atom. The van der Waals surface area contributed by atoms with E-state index in [0.717, 1.165) is 32.2 Å². The third-order valence-electron chi connectivity index (χ3n) is 4.43. The number of likely N-dealkylation sites (tertiary alicyclic amines) is 1. The second kappa shape index (κ2) is 7.28. The number of aliphatic hydroxyl groups excluding tert-OH is 1. The van der Waals surface area contributed by atoms with Gasteiger partial charge in [-0.3, -0.25) is 4.79 Å². The fourth-order valence-corrected chi connectivity index (χ4v) is 2.95. The predicted octanol–water partition coefficient (Wildman–Crippen LogP) is 3.29. The molecule has 1 unspecified atom stereocenters. The van der Waals surface area contributed by atoms with Crippen molar-refractivity contribution in [3.8, 4) is 0 Å². The maximum absolute atomic E-state index is 12.1. The fraction of sp³-hybridized carbons (Fsp3) is 0.632. The van der Waals surface area contributed by atoms with E-state index in [1.54, 1.807) is 0 Å². The van der Waals surface area contributed by atoms with E-state index in [4.69, 9.17) is 0 Å². The first-order valence-corrected chi connectivity index (χ1v) is 8.41. The number of carbonyl (C=O) groups excluding carboxylic acids is 1. The molecule has 0 aromatic heterocycles. The zero-order valence-corrected chi connectivity index (χ0v) is 14.1. The van der Waals surface area contributed by atoms with Crippen molar-refractivity contribution >= 4 is 5.91 Å². The molecule has 22 heavy (non-hydrogen) atoms. The normalized spacial score (nSPS) is 19.3. The highest BCUT2D eigenvalue weighted by Crippen LogP contribution is 2.22. The first kappa shape index (κ1) is 17.0. The summed E-state index contributed by atoms with van der Waals surface area (Å²) in [5.74, 6) is 0.185. The smallest absolute Gasteiger partial charge is 0.222 e. The number of carbonyl (C=O) groups is 1. The van der Waals surface area contributed by atoms with Crippen LogP contribution in [0.25, 0.3) is 0 Å². The van der Waals surface area contributed by atoms with Gasteiger partial charge in [0.2, 0.25) is 5.91 Å². The van der Waals surface area contributed by atoms with Crippen LogP contribution < -0.4 is 0 Å². The van der Waals surface area contributed by atoms with E-state index in [1.807, 2.05) is 4.90 Å². The van der Waals surface area contributed by atoms with Gasteiger partial charge in [-0.2, -0.15) is 0 Å². The highest BCUT2D eigenvalue weighted by Gasteiger charge is 2.21. The SMILES string of the molecule is CC(C)(C)c1ccc(CCCC(=O)N2CCCC(O)C2)cc1. The third kappa shape index (κ3) is 4.84. The first-order valence-electron chi connectivity index (χ1n) is 8.41. The monoisotopic (exact) mass is 303 g/mol. The molecule has 1 amide bonds. The summed E-state index contributed by atoms with van der Waals surface area (Å²) >= 11 is 0. The third-order valence-corrected chi connectivity index (χ3v) is 4.43. The minimum absolute atomic E-state index is 0.184. The Bertz CT molecular complexity index is 487. The number of nitrogens with zero attached hydrogens (tertiary/aromatic N) is 1. The number of β-amino-alcohol motifs (C(OH)–C–C–N with tert-alkyl or cyclic N) is 1. The fourth-order valence-electron chi connectivity index (χ4n) is 2.95. The van der Waals surface area contributed by atoms with Gasteiger partial charge in [-0.15, -0.1) is 0 Å². The van der Waals surface area contributed by atoms with Gasteiger partial charge < -0.3 is 10.0 Å². The van der Waals surface area contributed by atoms with E-state index < -0.39 is 0 Å². The number of amides is 1. The van der Waals surface area contributed by atoms with E-state index in [0.29, 0.717) is 13.0 Å². The molecule has 0 bridgehead atoms. The quantitative estimate of drug-likeness (QED) is 0.927. The number of aliphatic hydroxyl groups is 1. The molecule has 122 valence electrons. The lowest BCUT2D eigenvalue weighted by Gasteiger charge is -2.30. The van der Waals surface area contributed by atoms with Crippen molar-refractivity contribution in [2.24, 2.45) is 0 Å². The second-order valence-corrected chi connectivity index (χ2v) is 7.44.